The molecule has 3 atom stereocenters. The monoisotopic (exact) mass is 233 g/mol. The molecule has 0 aliphatic carbocycles. The van der Waals surface area contributed by atoms with Crippen molar-refractivity contribution in [2.24, 2.45) is 0 Å². The predicted octanol–water partition coefficient (Wildman–Crippen LogP) is 2.21. The van der Waals surface area contributed by atoms with E-state index in [2.05, 4.69) is 42.2 Å². The van der Waals surface area contributed by atoms with Crippen LogP contribution in [0, 0.1) is 0 Å². The summed E-state index contributed by atoms with van der Waals surface area (Å²) in [6.45, 7) is 5.72. The van der Waals surface area contributed by atoms with Gasteiger partial charge in [0.05, 0.1) is 0 Å². The van der Waals surface area contributed by atoms with Crippen LogP contribution in [-0.4, -0.2) is 35.6 Å². The minimum Gasteiger partial charge on any atom is -0.307 e. The summed E-state index contributed by atoms with van der Waals surface area (Å²) in [4.78, 5) is 6.62. The quantitative estimate of drug-likeness (QED) is 0.867. The molecule has 17 heavy (non-hydrogen) atoms. The molecule has 1 N–H and O–H groups in total. The topological polar surface area (TPSA) is 28.2 Å². The molecule has 0 saturated carbocycles. The lowest BCUT2D eigenvalue weighted by molar-refractivity contribution is 0.163. The SMILES string of the molecule is CC(NC1CCN(C)C(C)C1)c1cccnc1. The maximum absolute atomic E-state index is 4.18. The highest BCUT2D eigenvalue weighted by Gasteiger charge is 2.23. The van der Waals surface area contributed by atoms with Crippen LogP contribution in [0.3, 0.4) is 0 Å². The van der Waals surface area contributed by atoms with Crippen molar-refractivity contribution in [3.05, 3.63) is 30.1 Å². The highest BCUT2D eigenvalue weighted by molar-refractivity contribution is 5.13. The first-order chi connectivity index (χ1) is 8.16. The van der Waals surface area contributed by atoms with Gasteiger partial charge in [-0.1, -0.05) is 6.07 Å². The average molecular weight is 233 g/mol. The lowest BCUT2D eigenvalue weighted by Crippen LogP contribution is -2.46. The molecule has 1 fully saturated rings. The maximum Gasteiger partial charge on any atom is 0.0315 e. The number of nitrogens with one attached hydrogen (secondary N) is 1. The van der Waals surface area contributed by atoms with Gasteiger partial charge in [0.2, 0.25) is 0 Å². The number of rotatable bonds is 3. The van der Waals surface area contributed by atoms with E-state index in [0.717, 1.165) is 0 Å². The fourth-order valence-corrected chi connectivity index (χ4v) is 2.52. The van der Waals surface area contributed by atoms with Gasteiger partial charge in [0.1, 0.15) is 0 Å². The van der Waals surface area contributed by atoms with Crippen LogP contribution in [0.4, 0.5) is 0 Å². The molecule has 3 nitrogen and oxygen atoms in total. The number of piperidine rings is 1. The Bertz CT molecular complexity index is 339. The lowest BCUT2D eigenvalue weighted by Gasteiger charge is -2.36. The number of nitrogens with zero attached hydrogens (tertiary/aromatic N) is 2. The first-order valence-corrected chi connectivity index (χ1v) is 6.53. The number of aromatic nitrogens is 1. The molecule has 1 aliphatic rings. The zero-order chi connectivity index (χ0) is 12.3. The summed E-state index contributed by atoms with van der Waals surface area (Å²) in [6, 6.07) is 5.86. The lowest BCUT2D eigenvalue weighted by atomic mass is 9.97. The van der Waals surface area contributed by atoms with Crippen LogP contribution < -0.4 is 5.32 Å². The molecular formula is C14H23N3. The van der Waals surface area contributed by atoms with Crippen molar-refractivity contribution in [3.63, 3.8) is 0 Å². The van der Waals surface area contributed by atoms with Crippen LogP contribution in [0.5, 0.6) is 0 Å². The normalized spacial score (nSPS) is 27.9. The van der Waals surface area contributed by atoms with E-state index in [9.17, 15) is 0 Å². The Morgan fingerprint density at radius 3 is 3.00 bits per heavy atom. The van der Waals surface area contributed by atoms with Gasteiger partial charge in [-0.2, -0.15) is 0 Å². The molecular weight excluding hydrogens is 210 g/mol. The number of pyridine rings is 1. The molecule has 1 aromatic heterocycles. The van der Waals surface area contributed by atoms with E-state index in [0.29, 0.717) is 18.1 Å². The van der Waals surface area contributed by atoms with Gasteiger partial charge in [-0.05, 0) is 51.9 Å². The van der Waals surface area contributed by atoms with Gasteiger partial charge in [0.25, 0.3) is 0 Å². The molecule has 0 aromatic carbocycles. The Labute approximate surface area is 104 Å². The molecule has 2 rings (SSSR count). The smallest absolute Gasteiger partial charge is 0.0315 e. The Morgan fingerprint density at radius 2 is 2.35 bits per heavy atom. The van der Waals surface area contributed by atoms with Gasteiger partial charge < -0.3 is 10.2 Å². The van der Waals surface area contributed by atoms with Crippen LogP contribution in [0.2, 0.25) is 0 Å². The average Bonchev–Trinajstić information content (AvgIpc) is 2.35. The molecule has 0 spiro atoms. The molecule has 0 radical (unpaired) electrons. The highest BCUT2D eigenvalue weighted by atomic mass is 15.1. The van der Waals surface area contributed by atoms with Crippen molar-refractivity contribution >= 4 is 0 Å². The van der Waals surface area contributed by atoms with Gasteiger partial charge >= 0.3 is 0 Å². The number of likely N-dealkylation sites (tertiary alicyclic amines) is 1. The summed E-state index contributed by atoms with van der Waals surface area (Å²) in [5.74, 6) is 0. The second kappa shape index (κ2) is 5.61. The van der Waals surface area contributed by atoms with Crippen LogP contribution in [0.1, 0.15) is 38.3 Å². The Morgan fingerprint density at radius 1 is 1.53 bits per heavy atom. The Balaban J connectivity index is 1.89. The summed E-state index contributed by atoms with van der Waals surface area (Å²) < 4.78 is 0. The standard InChI is InChI=1S/C14H23N3/c1-11-9-14(6-8-17(11)3)16-12(2)13-5-4-7-15-10-13/h4-5,7,10-12,14,16H,6,8-9H2,1-3H3. The van der Waals surface area contributed by atoms with E-state index >= 15 is 0 Å². The minimum absolute atomic E-state index is 0.393. The summed E-state index contributed by atoms with van der Waals surface area (Å²) in [7, 11) is 2.21. The first kappa shape index (κ1) is 12.5. The largest absolute Gasteiger partial charge is 0.307 e. The van der Waals surface area contributed by atoms with Crippen LogP contribution in [0.15, 0.2) is 24.5 Å². The van der Waals surface area contributed by atoms with E-state index in [1.54, 1.807) is 0 Å². The fraction of sp³-hybridized carbons (Fsp3) is 0.643. The first-order valence-electron chi connectivity index (χ1n) is 6.53. The van der Waals surface area contributed by atoms with Gasteiger partial charge in [-0.15, -0.1) is 0 Å². The third kappa shape index (κ3) is 3.27. The van der Waals surface area contributed by atoms with Crippen LogP contribution in [0.25, 0.3) is 0 Å². The predicted molar refractivity (Wildman–Crippen MR) is 70.9 cm³/mol. The van der Waals surface area contributed by atoms with Crippen molar-refractivity contribution < 1.29 is 0 Å². The number of hydrogen-bond acceptors (Lipinski definition) is 3. The minimum atomic E-state index is 0.393. The van der Waals surface area contributed by atoms with Gasteiger partial charge in [0, 0.05) is 30.5 Å². The van der Waals surface area contributed by atoms with Crippen LogP contribution >= 0.6 is 0 Å². The number of hydrogen-bond donors (Lipinski definition) is 1. The third-order valence-corrected chi connectivity index (χ3v) is 3.88. The van der Waals surface area contributed by atoms with Gasteiger partial charge in [-0.25, -0.2) is 0 Å². The molecule has 1 aromatic rings. The fourth-order valence-electron chi connectivity index (χ4n) is 2.52. The van der Waals surface area contributed by atoms with Crippen molar-refractivity contribution in [2.45, 2.75) is 44.8 Å². The Kier molecular flexibility index (Phi) is 4.13. The highest BCUT2D eigenvalue weighted by Crippen LogP contribution is 2.19. The van der Waals surface area contributed by atoms with Crippen molar-refractivity contribution in [1.29, 1.82) is 0 Å². The molecule has 3 heteroatoms. The summed E-state index contributed by atoms with van der Waals surface area (Å²) in [6.07, 6.45) is 6.26. The maximum atomic E-state index is 4.18. The van der Waals surface area contributed by atoms with E-state index in [1.807, 2.05) is 18.5 Å². The molecule has 1 saturated heterocycles. The summed E-state index contributed by atoms with van der Waals surface area (Å²) >= 11 is 0. The molecule has 1 aliphatic heterocycles. The molecule has 3 unspecified atom stereocenters. The third-order valence-electron chi connectivity index (χ3n) is 3.88. The van der Waals surface area contributed by atoms with Crippen LogP contribution in [-0.2, 0) is 0 Å². The molecule has 2 heterocycles. The van der Waals surface area contributed by atoms with Gasteiger partial charge in [0.15, 0.2) is 0 Å². The molecule has 0 bridgehead atoms. The van der Waals surface area contributed by atoms with Crippen molar-refractivity contribution in [2.75, 3.05) is 13.6 Å². The second-order valence-corrected chi connectivity index (χ2v) is 5.23. The molecule has 94 valence electrons. The summed E-state index contributed by atoms with van der Waals surface area (Å²) in [5, 5.41) is 3.72. The zero-order valence-electron chi connectivity index (χ0n) is 11.1. The second-order valence-electron chi connectivity index (χ2n) is 5.23. The van der Waals surface area contributed by atoms with E-state index in [1.165, 1.54) is 24.9 Å². The van der Waals surface area contributed by atoms with E-state index in [-0.39, 0.29) is 0 Å². The molecule has 0 amide bonds. The van der Waals surface area contributed by atoms with E-state index < -0.39 is 0 Å². The van der Waals surface area contributed by atoms with Crippen molar-refractivity contribution in [3.8, 4) is 0 Å². The summed E-state index contributed by atoms with van der Waals surface area (Å²) in [5.41, 5.74) is 1.28. The zero-order valence-corrected chi connectivity index (χ0v) is 11.1. The van der Waals surface area contributed by atoms with E-state index in [4.69, 9.17) is 0 Å². The Hall–Kier alpha value is -0.930. The van der Waals surface area contributed by atoms with Gasteiger partial charge in [-0.3, -0.25) is 4.98 Å². The van der Waals surface area contributed by atoms with Crippen molar-refractivity contribution in [1.82, 2.24) is 15.2 Å².